The monoisotopic (exact) mass is 262 g/mol. The molecule has 2 aromatic rings. The minimum absolute atomic E-state index is 0.558. The molecule has 2 nitrogen and oxygen atoms in total. The highest BCUT2D eigenvalue weighted by Gasteiger charge is 2.08. The van der Waals surface area contributed by atoms with Crippen molar-refractivity contribution in [2.75, 3.05) is 0 Å². The van der Waals surface area contributed by atoms with E-state index in [0.29, 0.717) is 19.6 Å². The molecule has 14 heavy (non-hydrogen) atoms. The maximum absolute atomic E-state index is 6.01. The average Bonchev–Trinajstić information content (AvgIpc) is 2.52. The minimum atomic E-state index is 0.558. The first-order valence-corrected chi connectivity index (χ1v) is 5.66. The van der Waals surface area contributed by atoms with Gasteiger partial charge in [0.25, 0.3) is 0 Å². The minimum Gasteiger partial charge on any atom is -0.230 e. The third kappa shape index (κ3) is 1.83. The number of aromatic nitrogens is 2. The summed E-state index contributed by atoms with van der Waals surface area (Å²) in [5.41, 5.74) is 1.50. The quantitative estimate of drug-likeness (QED) is 0.782. The van der Waals surface area contributed by atoms with Gasteiger partial charge in [-0.3, -0.25) is 0 Å². The molecule has 0 atom stereocenters. The Hall–Kier alpha value is -0.420. The number of halogens is 2. The number of nitrogens with one attached hydrogen (secondary N) is 1. The Kier molecular flexibility index (Phi) is 2.88. The standard InChI is InChI=1S/C8H4Cl2N2S2/c9-4-1-2-5(6(10)3-4)7-8(13)14-12-11-7/h1-3,12H. The van der Waals surface area contributed by atoms with Crippen molar-refractivity contribution >= 4 is 47.0 Å². The lowest BCUT2D eigenvalue weighted by Crippen LogP contribution is -1.80. The zero-order valence-electron chi connectivity index (χ0n) is 6.75. The van der Waals surface area contributed by atoms with Crippen LogP contribution in [0, 0.1) is 3.82 Å². The molecule has 0 radical (unpaired) electrons. The maximum Gasteiger partial charge on any atom is 0.136 e. The molecule has 0 bridgehead atoms. The summed E-state index contributed by atoms with van der Waals surface area (Å²) in [6.45, 7) is 0. The van der Waals surface area contributed by atoms with Gasteiger partial charge in [-0.25, -0.2) is 4.49 Å². The van der Waals surface area contributed by atoms with Gasteiger partial charge in [-0.05, 0) is 29.7 Å². The maximum atomic E-state index is 6.01. The molecule has 0 saturated carbocycles. The number of H-pyrrole nitrogens is 1. The lowest BCUT2D eigenvalue weighted by molar-refractivity contribution is 1.16. The SMILES string of the molecule is S=c1s[nH]nc1-c1ccc(Cl)cc1Cl. The van der Waals surface area contributed by atoms with E-state index in [1.54, 1.807) is 12.1 Å². The fourth-order valence-corrected chi connectivity index (χ4v) is 2.29. The van der Waals surface area contributed by atoms with Crippen LogP contribution in [-0.2, 0) is 0 Å². The van der Waals surface area contributed by atoms with E-state index >= 15 is 0 Å². The topological polar surface area (TPSA) is 28.7 Å². The molecule has 0 saturated heterocycles. The zero-order chi connectivity index (χ0) is 10.1. The van der Waals surface area contributed by atoms with Crippen LogP contribution in [-0.4, -0.2) is 9.59 Å². The van der Waals surface area contributed by atoms with Crippen molar-refractivity contribution in [2.24, 2.45) is 0 Å². The molecule has 0 unspecified atom stereocenters. The Morgan fingerprint density at radius 3 is 2.71 bits per heavy atom. The van der Waals surface area contributed by atoms with Crippen LogP contribution >= 0.6 is 47.0 Å². The molecular weight excluding hydrogens is 259 g/mol. The normalized spacial score (nSPS) is 10.4. The molecule has 1 N–H and O–H groups in total. The second kappa shape index (κ2) is 3.98. The lowest BCUT2D eigenvalue weighted by Gasteiger charge is -1.99. The van der Waals surface area contributed by atoms with Gasteiger partial charge in [0.15, 0.2) is 0 Å². The van der Waals surface area contributed by atoms with Gasteiger partial charge in [-0.2, -0.15) is 5.10 Å². The van der Waals surface area contributed by atoms with Crippen LogP contribution in [0.5, 0.6) is 0 Å². The van der Waals surface area contributed by atoms with Crippen molar-refractivity contribution in [3.63, 3.8) is 0 Å². The van der Waals surface area contributed by atoms with Gasteiger partial charge >= 0.3 is 0 Å². The van der Waals surface area contributed by atoms with E-state index < -0.39 is 0 Å². The van der Waals surface area contributed by atoms with Crippen LogP contribution < -0.4 is 0 Å². The van der Waals surface area contributed by atoms with Gasteiger partial charge in [0.05, 0.1) is 5.02 Å². The van der Waals surface area contributed by atoms with Crippen molar-refractivity contribution in [1.29, 1.82) is 0 Å². The Morgan fingerprint density at radius 1 is 1.36 bits per heavy atom. The van der Waals surface area contributed by atoms with Gasteiger partial charge in [-0.15, -0.1) is 0 Å². The molecule has 2 rings (SSSR count). The first kappa shape index (κ1) is 10.1. The van der Waals surface area contributed by atoms with E-state index in [4.69, 9.17) is 35.4 Å². The largest absolute Gasteiger partial charge is 0.230 e. The molecule has 0 amide bonds. The molecule has 0 aliphatic carbocycles. The van der Waals surface area contributed by atoms with E-state index in [1.807, 2.05) is 6.07 Å². The van der Waals surface area contributed by atoms with Crippen molar-refractivity contribution in [1.82, 2.24) is 9.59 Å². The first-order chi connectivity index (χ1) is 6.68. The average molecular weight is 263 g/mol. The van der Waals surface area contributed by atoms with Gasteiger partial charge < -0.3 is 0 Å². The van der Waals surface area contributed by atoms with E-state index in [-0.39, 0.29) is 0 Å². The lowest BCUT2D eigenvalue weighted by atomic mass is 10.2. The molecule has 0 aliphatic rings. The molecule has 0 spiro atoms. The van der Waals surface area contributed by atoms with Crippen LogP contribution in [0.3, 0.4) is 0 Å². The van der Waals surface area contributed by atoms with Crippen molar-refractivity contribution in [3.8, 4) is 11.3 Å². The van der Waals surface area contributed by atoms with Crippen LogP contribution in [0.15, 0.2) is 18.2 Å². The third-order valence-corrected chi connectivity index (χ3v) is 3.23. The highest BCUT2D eigenvalue weighted by Crippen LogP contribution is 2.30. The summed E-state index contributed by atoms with van der Waals surface area (Å²) in [7, 11) is 0. The van der Waals surface area contributed by atoms with Crippen LogP contribution in [0.25, 0.3) is 11.3 Å². The van der Waals surface area contributed by atoms with Crippen LogP contribution in [0.1, 0.15) is 0 Å². The Labute approximate surface area is 99.6 Å². The number of rotatable bonds is 1. The van der Waals surface area contributed by atoms with E-state index in [1.165, 1.54) is 11.5 Å². The summed E-state index contributed by atoms with van der Waals surface area (Å²) in [5, 5.41) is 5.20. The summed E-state index contributed by atoms with van der Waals surface area (Å²) in [6, 6.07) is 5.24. The van der Waals surface area contributed by atoms with E-state index in [0.717, 1.165) is 5.56 Å². The predicted molar refractivity (Wildman–Crippen MR) is 62.8 cm³/mol. The van der Waals surface area contributed by atoms with E-state index in [9.17, 15) is 0 Å². The second-order valence-electron chi connectivity index (χ2n) is 2.57. The van der Waals surface area contributed by atoms with Crippen molar-refractivity contribution in [2.45, 2.75) is 0 Å². The fraction of sp³-hybridized carbons (Fsp3) is 0. The number of aromatic amines is 1. The molecule has 1 aromatic carbocycles. The molecule has 0 aliphatic heterocycles. The number of hydrogen-bond donors (Lipinski definition) is 1. The summed E-state index contributed by atoms with van der Waals surface area (Å²) in [5.74, 6) is 0. The zero-order valence-corrected chi connectivity index (χ0v) is 9.90. The van der Waals surface area contributed by atoms with Gasteiger partial charge in [-0.1, -0.05) is 35.4 Å². The summed E-state index contributed by atoms with van der Waals surface area (Å²) >= 11 is 18.2. The van der Waals surface area contributed by atoms with Crippen LogP contribution in [0.2, 0.25) is 10.0 Å². The molecule has 72 valence electrons. The molecule has 0 fully saturated rings. The molecule has 1 heterocycles. The molecular formula is C8H4Cl2N2S2. The highest BCUT2D eigenvalue weighted by molar-refractivity contribution is 7.73. The third-order valence-electron chi connectivity index (χ3n) is 1.68. The fourth-order valence-electron chi connectivity index (χ4n) is 1.06. The van der Waals surface area contributed by atoms with Gasteiger partial charge in [0.2, 0.25) is 0 Å². The summed E-state index contributed by atoms with van der Waals surface area (Å²) in [6.07, 6.45) is 0. The summed E-state index contributed by atoms with van der Waals surface area (Å²) < 4.78 is 3.42. The Balaban J connectivity index is 2.63. The summed E-state index contributed by atoms with van der Waals surface area (Å²) in [4.78, 5) is 0. The number of nitrogens with zero attached hydrogens (tertiary/aromatic N) is 1. The van der Waals surface area contributed by atoms with Gasteiger partial charge in [0, 0.05) is 10.6 Å². The van der Waals surface area contributed by atoms with Crippen molar-refractivity contribution in [3.05, 3.63) is 32.1 Å². The highest BCUT2D eigenvalue weighted by atomic mass is 35.5. The van der Waals surface area contributed by atoms with E-state index in [2.05, 4.69) is 9.59 Å². The van der Waals surface area contributed by atoms with Gasteiger partial charge in [0.1, 0.15) is 9.52 Å². The van der Waals surface area contributed by atoms with Crippen LogP contribution in [0.4, 0.5) is 0 Å². The molecule has 1 aromatic heterocycles. The Morgan fingerprint density at radius 2 is 2.14 bits per heavy atom. The Bertz CT molecular complexity index is 518. The smallest absolute Gasteiger partial charge is 0.136 e. The number of benzene rings is 1. The molecule has 6 heteroatoms. The van der Waals surface area contributed by atoms with Crippen molar-refractivity contribution < 1.29 is 0 Å². The number of hydrogen-bond acceptors (Lipinski definition) is 3. The first-order valence-electron chi connectivity index (χ1n) is 3.68. The second-order valence-corrected chi connectivity index (χ2v) is 4.87. The predicted octanol–water partition coefficient (Wildman–Crippen LogP) is 4.17.